The second-order valence-corrected chi connectivity index (χ2v) is 5.84. The highest BCUT2D eigenvalue weighted by molar-refractivity contribution is 5.54. The van der Waals surface area contributed by atoms with Crippen LogP contribution in [0.3, 0.4) is 0 Å². The predicted octanol–water partition coefficient (Wildman–Crippen LogP) is 1.69. The monoisotopic (exact) mass is 291 g/mol. The molecule has 4 heteroatoms. The third kappa shape index (κ3) is 4.70. The lowest BCUT2D eigenvalue weighted by Crippen LogP contribution is -2.46. The summed E-state index contributed by atoms with van der Waals surface area (Å²) in [6, 6.07) is 9.03. The van der Waals surface area contributed by atoms with E-state index in [1.54, 1.807) is 0 Å². The maximum Gasteiger partial charge on any atom is 0.0445 e. The van der Waals surface area contributed by atoms with Crippen LogP contribution in [-0.4, -0.2) is 55.4 Å². The Morgan fingerprint density at radius 3 is 2.57 bits per heavy atom. The summed E-state index contributed by atoms with van der Waals surface area (Å²) in [4.78, 5) is 5.00. The molecule has 1 aromatic rings. The fourth-order valence-electron chi connectivity index (χ4n) is 2.85. The Hall–Kier alpha value is -1.10. The van der Waals surface area contributed by atoms with Crippen LogP contribution in [0.1, 0.15) is 25.8 Å². The van der Waals surface area contributed by atoms with E-state index in [0.29, 0.717) is 6.04 Å². The van der Waals surface area contributed by atoms with Gasteiger partial charge in [0.2, 0.25) is 0 Å². The number of rotatable bonds is 7. The smallest absolute Gasteiger partial charge is 0.0445 e. The molecule has 0 saturated carbocycles. The number of nitrogens with zero attached hydrogens (tertiary/aromatic N) is 2. The van der Waals surface area contributed by atoms with E-state index in [1.807, 2.05) is 0 Å². The molecule has 1 aromatic carbocycles. The Kier molecular flexibility index (Phi) is 6.49. The molecule has 1 atom stereocenters. The van der Waals surface area contributed by atoms with E-state index >= 15 is 0 Å². The van der Waals surface area contributed by atoms with Gasteiger partial charge in [0.25, 0.3) is 0 Å². The lowest BCUT2D eigenvalue weighted by Gasteiger charge is -2.36. The maximum absolute atomic E-state index is 8.99. The van der Waals surface area contributed by atoms with Gasteiger partial charge in [0.05, 0.1) is 0 Å². The highest BCUT2D eigenvalue weighted by Gasteiger charge is 2.17. The third-order valence-electron chi connectivity index (χ3n) is 4.35. The van der Waals surface area contributed by atoms with Crippen molar-refractivity contribution in [3.63, 3.8) is 0 Å². The van der Waals surface area contributed by atoms with Gasteiger partial charge in [-0.15, -0.1) is 0 Å². The van der Waals surface area contributed by atoms with Gasteiger partial charge in [-0.25, -0.2) is 0 Å². The van der Waals surface area contributed by atoms with Crippen LogP contribution in [0, 0.1) is 0 Å². The summed E-state index contributed by atoms with van der Waals surface area (Å²) in [5.74, 6) is 0. The van der Waals surface area contributed by atoms with Gasteiger partial charge in [0, 0.05) is 51.1 Å². The molecule has 1 fully saturated rings. The van der Waals surface area contributed by atoms with Gasteiger partial charge in [0.1, 0.15) is 0 Å². The highest BCUT2D eigenvalue weighted by atomic mass is 16.3. The summed E-state index contributed by atoms with van der Waals surface area (Å²) >= 11 is 0. The summed E-state index contributed by atoms with van der Waals surface area (Å²) in [6.07, 6.45) is 0.803. The SMILES string of the molecule is CCN1CCN(c2ccccc2CNC(C)CCO)CC1. The van der Waals surface area contributed by atoms with Gasteiger partial charge in [-0.05, 0) is 31.5 Å². The van der Waals surface area contributed by atoms with Gasteiger partial charge >= 0.3 is 0 Å². The first-order chi connectivity index (χ1) is 10.2. The van der Waals surface area contributed by atoms with E-state index < -0.39 is 0 Å². The summed E-state index contributed by atoms with van der Waals surface area (Å²) in [6.45, 7) is 11.1. The van der Waals surface area contributed by atoms with Crippen LogP contribution in [0.25, 0.3) is 0 Å². The van der Waals surface area contributed by atoms with Crippen molar-refractivity contribution in [3.05, 3.63) is 29.8 Å². The Balaban J connectivity index is 1.97. The molecule has 1 aliphatic heterocycles. The second-order valence-electron chi connectivity index (χ2n) is 5.84. The molecule has 0 spiro atoms. The lowest BCUT2D eigenvalue weighted by atomic mass is 10.1. The van der Waals surface area contributed by atoms with E-state index in [2.05, 4.69) is 53.2 Å². The minimum atomic E-state index is 0.245. The number of benzene rings is 1. The van der Waals surface area contributed by atoms with Gasteiger partial charge < -0.3 is 20.2 Å². The van der Waals surface area contributed by atoms with Crippen LogP contribution in [-0.2, 0) is 6.54 Å². The first-order valence-corrected chi connectivity index (χ1v) is 8.14. The molecule has 1 unspecified atom stereocenters. The average Bonchev–Trinajstić information content (AvgIpc) is 2.54. The molecule has 21 heavy (non-hydrogen) atoms. The number of nitrogens with one attached hydrogen (secondary N) is 1. The number of aliphatic hydroxyl groups is 1. The lowest BCUT2D eigenvalue weighted by molar-refractivity contribution is 0.268. The van der Waals surface area contributed by atoms with Gasteiger partial charge in [0.15, 0.2) is 0 Å². The zero-order valence-corrected chi connectivity index (χ0v) is 13.4. The van der Waals surface area contributed by atoms with Crippen LogP contribution in [0.5, 0.6) is 0 Å². The van der Waals surface area contributed by atoms with Crippen molar-refractivity contribution in [2.24, 2.45) is 0 Å². The molecule has 0 aromatic heterocycles. The van der Waals surface area contributed by atoms with Crippen LogP contribution in [0.2, 0.25) is 0 Å². The van der Waals surface area contributed by atoms with Gasteiger partial charge in [-0.2, -0.15) is 0 Å². The van der Waals surface area contributed by atoms with Gasteiger partial charge in [-0.1, -0.05) is 25.1 Å². The Morgan fingerprint density at radius 1 is 1.19 bits per heavy atom. The van der Waals surface area contributed by atoms with E-state index in [4.69, 9.17) is 5.11 Å². The minimum absolute atomic E-state index is 0.245. The van der Waals surface area contributed by atoms with E-state index in [1.165, 1.54) is 11.3 Å². The van der Waals surface area contributed by atoms with Crippen LogP contribution < -0.4 is 10.2 Å². The first-order valence-electron chi connectivity index (χ1n) is 8.14. The normalized spacial score (nSPS) is 18.0. The standard InChI is InChI=1S/C17H29N3O/c1-3-19-9-11-20(12-10-19)17-7-5-4-6-16(17)14-18-15(2)8-13-21/h4-7,15,18,21H,3,8-14H2,1-2H3. The fourth-order valence-corrected chi connectivity index (χ4v) is 2.85. The van der Waals surface area contributed by atoms with Crippen molar-refractivity contribution >= 4 is 5.69 Å². The highest BCUT2D eigenvalue weighted by Crippen LogP contribution is 2.22. The van der Waals surface area contributed by atoms with Crippen molar-refractivity contribution < 1.29 is 5.11 Å². The quantitative estimate of drug-likeness (QED) is 0.802. The Bertz CT molecular complexity index is 416. The number of hydrogen-bond donors (Lipinski definition) is 2. The fraction of sp³-hybridized carbons (Fsp3) is 0.647. The first kappa shape index (κ1) is 16.3. The molecular formula is C17H29N3O. The summed E-state index contributed by atoms with van der Waals surface area (Å²) in [5.41, 5.74) is 2.71. The van der Waals surface area contributed by atoms with E-state index in [9.17, 15) is 0 Å². The molecule has 0 amide bonds. The Morgan fingerprint density at radius 2 is 1.90 bits per heavy atom. The van der Waals surface area contributed by atoms with E-state index in [-0.39, 0.29) is 6.61 Å². The van der Waals surface area contributed by atoms with Crippen LogP contribution >= 0.6 is 0 Å². The number of anilines is 1. The summed E-state index contributed by atoms with van der Waals surface area (Å²) in [7, 11) is 0. The molecule has 0 bridgehead atoms. The predicted molar refractivity (Wildman–Crippen MR) is 88.8 cm³/mol. The molecule has 0 radical (unpaired) electrons. The molecule has 2 rings (SSSR count). The largest absolute Gasteiger partial charge is 0.396 e. The van der Waals surface area contributed by atoms with Crippen molar-refractivity contribution in [2.75, 3.05) is 44.2 Å². The van der Waals surface area contributed by atoms with Crippen LogP contribution in [0.15, 0.2) is 24.3 Å². The molecular weight excluding hydrogens is 262 g/mol. The number of likely N-dealkylation sites (N-methyl/N-ethyl adjacent to an activating group) is 1. The number of para-hydroxylation sites is 1. The van der Waals surface area contributed by atoms with Crippen molar-refractivity contribution in [2.45, 2.75) is 32.9 Å². The minimum Gasteiger partial charge on any atom is -0.396 e. The number of hydrogen-bond acceptors (Lipinski definition) is 4. The summed E-state index contributed by atoms with van der Waals surface area (Å²) < 4.78 is 0. The second kappa shape index (κ2) is 8.37. The van der Waals surface area contributed by atoms with Gasteiger partial charge in [-0.3, -0.25) is 0 Å². The summed E-state index contributed by atoms with van der Waals surface area (Å²) in [5, 5.41) is 12.5. The molecule has 1 heterocycles. The van der Waals surface area contributed by atoms with Crippen molar-refractivity contribution in [3.8, 4) is 0 Å². The molecule has 4 nitrogen and oxygen atoms in total. The van der Waals surface area contributed by atoms with Crippen molar-refractivity contribution in [1.29, 1.82) is 0 Å². The number of piperazine rings is 1. The van der Waals surface area contributed by atoms with Crippen LogP contribution in [0.4, 0.5) is 5.69 Å². The molecule has 118 valence electrons. The van der Waals surface area contributed by atoms with Crippen molar-refractivity contribution in [1.82, 2.24) is 10.2 Å². The maximum atomic E-state index is 8.99. The van der Waals surface area contributed by atoms with E-state index in [0.717, 1.165) is 45.7 Å². The molecule has 2 N–H and O–H groups in total. The molecule has 0 aliphatic carbocycles. The zero-order valence-electron chi connectivity index (χ0n) is 13.4. The molecule has 1 saturated heterocycles. The molecule has 1 aliphatic rings. The third-order valence-corrected chi connectivity index (χ3v) is 4.35. The Labute approximate surface area is 128 Å². The number of aliphatic hydroxyl groups excluding tert-OH is 1. The average molecular weight is 291 g/mol. The zero-order chi connectivity index (χ0) is 15.1. The topological polar surface area (TPSA) is 38.7 Å².